The molecule has 3 rings (SSSR count). The summed E-state index contributed by atoms with van der Waals surface area (Å²) in [7, 11) is 0. The highest BCUT2D eigenvalue weighted by atomic mass is 16.5. The lowest BCUT2D eigenvalue weighted by atomic mass is 10.1. The van der Waals surface area contributed by atoms with E-state index in [0.29, 0.717) is 6.61 Å². The highest BCUT2D eigenvalue weighted by Crippen LogP contribution is 2.15. The summed E-state index contributed by atoms with van der Waals surface area (Å²) in [6.07, 6.45) is 3.72. The maximum absolute atomic E-state index is 5.91. The Hall–Kier alpha value is -2.65. The van der Waals surface area contributed by atoms with Crippen LogP contribution in [0.25, 0.3) is 0 Å². The molecule has 0 saturated carbocycles. The van der Waals surface area contributed by atoms with E-state index in [2.05, 4.69) is 65.8 Å². The van der Waals surface area contributed by atoms with Crippen LogP contribution in [0, 0.1) is 6.92 Å². The molecule has 0 saturated heterocycles. The summed E-state index contributed by atoms with van der Waals surface area (Å²) in [6.45, 7) is 4.55. The molecule has 1 heterocycles. The smallest absolute Gasteiger partial charge is 0.120 e. The molecule has 0 unspecified atom stereocenters. The summed E-state index contributed by atoms with van der Waals surface area (Å²) in [5, 5.41) is 2.27. The fourth-order valence-electron chi connectivity index (χ4n) is 2.54. The van der Waals surface area contributed by atoms with Gasteiger partial charge >= 0.3 is 0 Å². The largest absolute Gasteiger partial charge is 0.489 e. The van der Waals surface area contributed by atoms with Gasteiger partial charge in [0.05, 0.1) is 0 Å². The lowest BCUT2D eigenvalue weighted by molar-refractivity contribution is -0.686. The van der Waals surface area contributed by atoms with Crippen molar-refractivity contribution in [2.45, 2.75) is 26.6 Å². The molecular weight excluding hydrogens is 296 g/mol. The van der Waals surface area contributed by atoms with E-state index in [9.17, 15) is 0 Å². The average Bonchev–Trinajstić information content (AvgIpc) is 2.63. The van der Waals surface area contributed by atoms with Crippen LogP contribution < -0.4 is 10.1 Å². The minimum Gasteiger partial charge on any atom is -0.489 e. The zero-order valence-electron chi connectivity index (χ0n) is 14.0. The Morgan fingerprint density at radius 2 is 1.67 bits per heavy atom. The molecule has 0 aliphatic heterocycles. The molecule has 1 aromatic heterocycles. The highest BCUT2D eigenvalue weighted by Gasteiger charge is 2.01. The molecule has 0 aliphatic carbocycles. The monoisotopic (exact) mass is 319 g/mol. The van der Waals surface area contributed by atoms with Crippen molar-refractivity contribution in [3.05, 3.63) is 95.3 Å². The third-order valence-electron chi connectivity index (χ3n) is 3.91. The molecule has 3 aromatic rings. The van der Waals surface area contributed by atoms with E-state index in [4.69, 9.17) is 4.74 Å². The number of aromatic nitrogens is 1. The molecule has 3 heteroatoms. The van der Waals surface area contributed by atoms with Gasteiger partial charge in [-0.2, -0.15) is 0 Å². The van der Waals surface area contributed by atoms with Gasteiger partial charge in [-0.25, -0.2) is 0 Å². The third kappa shape index (κ3) is 4.93. The van der Waals surface area contributed by atoms with E-state index < -0.39 is 0 Å². The van der Waals surface area contributed by atoms with Crippen LogP contribution in [-0.2, 0) is 19.7 Å². The fourth-order valence-corrected chi connectivity index (χ4v) is 2.54. The van der Waals surface area contributed by atoms with E-state index in [-0.39, 0.29) is 0 Å². The second-order valence-corrected chi connectivity index (χ2v) is 5.98. The van der Waals surface area contributed by atoms with Crippen molar-refractivity contribution in [1.29, 1.82) is 0 Å². The van der Waals surface area contributed by atoms with Crippen LogP contribution >= 0.6 is 0 Å². The molecule has 0 amide bonds. The molecule has 0 aliphatic rings. The van der Waals surface area contributed by atoms with Crippen molar-refractivity contribution in [1.82, 2.24) is 4.98 Å². The quantitative estimate of drug-likeness (QED) is 0.726. The molecule has 0 fully saturated rings. The molecule has 2 N–H and O–H groups in total. The standard InChI is InChI=1S/C21H22N2O/c1-17-7-9-18(10-8-17)16-24-21-6-2-4-19(12-21)13-23-15-20-5-3-11-22-14-20/h2-12,14,23H,13,15-16H2,1H3/p+1. The van der Waals surface area contributed by atoms with Gasteiger partial charge in [0.1, 0.15) is 25.4 Å². The van der Waals surface area contributed by atoms with Crippen LogP contribution in [0.15, 0.2) is 73.1 Å². The molecule has 3 nitrogen and oxygen atoms in total. The van der Waals surface area contributed by atoms with Crippen molar-refractivity contribution in [3.8, 4) is 5.75 Å². The van der Waals surface area contributed by atoms with Gasteiger partial charge in [0, 0.05) is 23.5 Å². The van der Waals surface area contributed by atoms with Crippen LogP contribution in [0.1, 0.15) is 22.3 Å². The Kier molecular flexibility index (Phi) is 5.59. The first-order valence-corrected chi connectivity index (χ1v) is 8.27. The molecule has 0 atom stereocenters. The van der Waals surface area contributed by atoms with Gasteiger partial charge in [-0.15, -0.1) is 0 Å². The average molecular weight is 319 g/mol. The van der Waals surface area contributed by atoms with Crippen LogP contribution in [0.4, 0.5) is 0 Å². The minimum absolute atomic E-state index is 0.600. The van der Waals surface area contributed by atoms with Crippen molar-refractivity contribution in [2.75, 3.05) is 0 Å². The first-order valence-electron chi connectivity index (χ1n) is 8.27. The number of ether oxygens (including phenoxy) is 1. The molecule has 0 bridgehead atoms. The van der Waals surface area contributed by atoms with E-state index in [1.165, 1.54) is 22.3 Å². The van der Waals surface area contributed by atoms with Crippen molar-refractivity contribution in [3.63, 3.8) is 0 Å². The van der Waals surface area contributed by atoms with E-state index >= 15 is 0 Å². The number of pyridine rings is 1. The molecule has 0 spiro atoms. The predicted octanol–water partition coefficient (Wildman–Crippen LogP) is 3.23. The predicted molar refractivity (Wildman–Crippen MR) is 95.5 cm³/mol. The number of hydrogen-bond donors (Lipinski definition) is 1. The van der Waals surface area contributed by atoms with Crippen LogP contribution in [0.5, 0.6) is 5.75 Å². The summed E-state index contributed by atoms with van der Waals surface area (Å²) in [4.78, 5) is 4.14. The summed E-state index contributed by atoms with van der Waals surface area (Å²) >= 11 is 0. The van der Waals surface area contributed by atoms with Crippen LogP contribution in [-0.4, -0.2) is 4.98 Å². The van der Waals surface area contributed by atoms with Gasteiger partial charge in [0.15, 0.2) is 0 Å². The normalized spacial score (nSPS) is 10.5. The Morgan fingerprint density at radius 3 is 2.46 bits per heavy atom. The number of quaternary nitrogens is 1. The molecular formula is C21H23N2O+. The summed E-state index contributed by atoms with van der Waals surface area (Å²) in [5.41, 5.74) is 4.96. The van der Waals surface area contributed by atoms with Crippen LogP contribution in [0.2, 0.25) is 0 Å². The lowest BCUT2D eigenvalue weighted by Gasteiger charge is -2.08. The lowest BCUT2D eigenvalue weighted by Crippen LogP contribution is -2.80. The van der Waals surface area contributed by atoms with Gasteiger partial charge in [-0.1, -0.05) is 48.0 Å². The number of rotatable bonds is 7. The van der Waals surface area contributed by atoms with Crippen molar-refractivity contribution < 1.29 is 10.1 Å². The Labute approximate surface area is 143 Å². The SMILES string of the molecule is Cc1ccc(COc2cccc(C[NH2+]Cc3cccnc3)c2)cc1. The zero-order valence-corrected chi connectivity index (χ0v) is 14.0. The van der Waals surface area contributed by atoms with Gasteiger partial charge < -0.3 is 10.1 Å². The van der Waals surface area contributed by atoms with E-state index in [0.717, 1.165) is 18.8 Å². The Morgan fingerprint density at radius 1 is 0.875 bits per heavy atom. The second-order valence-electron chi connectivity index (χ2n) is 5.98. The first-order chi connectivity index (χ1) is 11.8. The highest BCUT2D eigenvalue weighted by molar-refractivity contribution is 5.28. The maximum Gasteiger partial charge on any atom is 0.120 e. The van der Waals surface area contributed by atoms with Crippen LogP contribution in [0.3, 0.4) is 0 Å². The van der Waals surface area contributed by atoms with Gasteiger partial charge in [0.2, 0.25) is 0 Å². The number of aryl methyl sites for hydroxylation is 1. The molecule has 2 aromatic carbocycles. The number of nitrogens with zero attached hydrogens (tertiary/aromatic N) is 1. The van der Waals surface area contributed by atoms with Gasteiger partial charge in [-0.05, 0) is 30.7 Å². The van der Waals surface area contributed by atoms with E-state index in [1.54, 1.807) is 6.20 Å². The second kappa shape index (κ2) is 8.27. The topological polar surface area (TPSA) is 38.7 Å². The van der Waals surface area contributed by atoms with E-state index in [1.807, 2.05) is 18.3 Å². The Balaban J connectivity index is 1.51. The summed E-state index contributed by atoms with van der Waals surface area (Å²) in [6, 6.07) is 20.9. The molecule has 0 radical (unpaired) electrons. The third-order valence-corrected chi connectivity index (χ3v) is 3.91. The summed E-state index contributed by atoms with van der Waals surface area (Å²) < 4.78 is 5.91. The number of nitrogens with two attached hydrogens (primary N) is 1. The fraction of sp³-hybridized carbons (Fsp3) is 0.190. The number of hydrogen-bond acceptors (Lipinski definition) is 2. The van der Waals surface area contributed by atoms with Crippen molar-refractivity contribution in [2.24, 2.45) is 0 Å². The van der Waals surface area contributed by atoms with Crippen molar-refractivity contribution >= 4 is 0 Å². The van der Waals surface area contributed by atoms with Gasteiger partial charge in [0.25, 0.3) is 0 Å². The Bertz CT molecular complexity index is 754. The summed E-state index contributed by atoms with van der Waals surface area (Å²) in [5.74, 6) is 0.919. The first kappa shape index (κ1) is 16.2. The maximum atomic E-state index is 5.91. The molecule has 24 heavy (non-hydrogen) atoms. The zero-order chi connectivity index (χ0) is 16.6. The number of benzene rings is 2. The molecule has 122 valence electrons. The van der Waals surface area contributed by atoms with Gasteiger partial charge in [-0.3, -0.25) is 4.98 Å². The minimum atomic E-state index is 0.600.